The molecule has 0 aromatic heterocycles. The fourth-order valence-electron chi connectivity index (χ4n) is 3.43. The number of fused-ring (bicyclic) bond motifs is 1. The molecule has 0 aliphatic carbocycles. The Bertz CT molecular complexity index is 600. The van der Waals surface area contributed by atoms with Gasteiger partial charge in [0.15, 0.2) is 0 Å². The summed E-state index contributed by atoms with van der Waals surface area (Å²) in [7, 11) is 0. The van der Waals surface area contributed by atoms with Gasteiger partial charge in [-0.3, -0.25) is 4.90 Å². The average molecular weight is 281 g/mol. The molecule has 0 spiro atoms. The van der Waals surface area contributed by atoms with Crippen molar-refractivity contribution in [3.8, 4) is 0 Å². The SMILES string of the molecule is CC(C)(O)C1c2ccccc2CCN1Cc1ccccc1. The summed E-state index contributed by atoms with van der Waals surface area (Å²) in [6.07, 6.45) is 1.05. The van der Waals surface area contributed by atoms with E-state index in [1.807, 2.05) is 19.9 Å². The van der Waals surface area contributed by atoms with E-state index in [0.29, 0.717) is 0 Å². The summed E-state index contributed by atoms with van der Waals surface area (Å²) in [5, 5.41) is 10.7. The van der Waals surface area contributed by atoms with E-state index in [0.717, 1.165) is 19.5 Å². The Kier molecular flexibility index (Phi) is 3.83. The predicted octanol–water partition coefficient (Wildman–Crippen LogP) is 3.56. The molecule has 2 aromatic carbocycles. The first kappa shape index (κ1) is 14.3. The molecule has 0 saturated carbocycles. The van der Waals surface area contributed by atoms with Crippen LogP contribution in [0.1, 0.15) is 36.6 Å². The first-order chi connectivity index (χ1) is 10.1. The molecule has 3 rings (SSSR count). The Balaban J connectivity index is 1.94. The van der Waals surface area contributed by atoms with Crippen LogP contribution in [-0.2, 0) is 13.0 Å². The largest absolute Gasteiger partial charge is 0.388 e. The van der Waals surface area contributed by atoms with Gasteiger partial charge in [-0.05, 0) is 37.0 Å². The van der Waals surface area contributed by atoms with Crippen LogP contribution >= 0.6 is 0 Å². The molecule has 1 N–H and O–H groups in total. The molecule has 1 aliphatic rings. The molecule has 21 heavy (non-hydrogen) atoms. The molecule has 1 heterocycles. The molecule has 0 amide bonds. The third kappa shape index (κ3) is 3.02. The van der Waals surface area contributed by atoms with Crippen molar-refractivity contribution in [2.75, 3.05) is 6.54 Å². The molecule has 1 aliphatic heterocycles. The maximum Gasteiger partial charge on any atom is 0.0787 e. The van der Waals surface area contributed by atoms with Gasteiger partial charge in [0.05, 0.1) is 11.6 Å². The van der Waals surface area contributed by atoms with Crippen LogP contribution in [0, 0.1) is 0 Å². The highest BCUT2D eigenvalue weighted by atomic mass is 16.3. The van der Waals surface area contributed by atoms with E-state index in [-0.39, 0.29) is 6.04 Å². The van der Waals surface area contributed by atoms with Gasteiger partial charge in [-0.2, -0.15) is 0 Å². The van der Waals surface area contributed by atoms with Crippen LogP contribution in [0.4, 0.5) is 0 Å². The molecule has 2 nitrogen and oxygen atoms in total. The standard InChI is InChI=1S/C19H23NO/c1-19(2,21)18-17-11-7-6-10-16(17)12-13-20(18)14-15-8-4-3-5-9-15/h3-11,18,21H,12-14H2,1-2H3. The van der Waals surface area contributed by atoms with Crippen molar-refractivity contribution < 1.29 is 5.11 Å². The van der Waals surface area contributed by atoms with Gasteiger partial charge in [-0.1, -0.05) is 54.6 Å². The smallest absolute Gasteiger partial charge is 0.0787 e. The zero-order valence-corrected chi connectivity index (χ0v) is 12.8. The quantitative estimate of drug-likeness (QED) is 0.930. The number of benzene rings is 2. The number of hydrogen-bond acceptors (Lipinski definition) is 2. The summed E-state index contributed by atoms with van der Waals surface area (Å²) in [4.78, 5) is 2.40. The van der Waals surface area contributed by atoms with Gasteiger partial charge in [0.25, 0.3) is 0 Å². The third-order valence-corrected chi connectivity index (χ3v) is 4.28. The van der Waals surface area contributed by atoms with Crippen LogP contribution in [0.5, 0.6) is 0 Å². The Morgan fingerprint density at radius 2 is 1.71 bits per heavy atom. The van der Waals surface area contributed by atoms with Crippen LogP contribution in [0.3, 0.4) is 0 Å². The number of rotatable bonds is 3. The first-order valence-corrected chi connectivity index (χ1v) is 7.64. The Labute approximate surface area is 127 Å². The summed E-state index contributed by atoms with van der Waals surface area (Å²) < 4.78 is 0. The van der Waals surface area contributed by atoms with E-state index in [9.17, 15) is 5.11 Å². The number of hydrogen-bond donors (Lipinski definition) is 1. The molecule has 2 aromatic rings. The first-order valence-electron chi connectivity index (χ1n) is 7.64. The molecule has 2 heteroatoms. The number of nitrogens with zero attached hydrogens (tertiary/aromatic N) is 1. The average Bonchev–Trinajstić information content (AvgIpc) is 2.47. The van der Waals surface area contributed by atoms with Gasteiger partial charge in [0.1, 0.15) is 0 Å². The lowest BCUT2D eigenvalue weighted by molar-refractivity contribution is -0.0298. The molecule has 0 fully saturated rings. The van der Waals surface area contributed by atoms with Gasteiger partial charge in [-0.15, -0.1) is 0 Å². The van der Waals surface area contributed by atoms with Crippen molar-refractivity contribution in [3.63, 3.8) is 0 Å². The van der Waals surface area contributed by atoms with Gasteiger partial charge < -0.3 is 5.11 Å². The molecule has 0 saturated heterocycles. The maximum atomic E-state index is 10.7. The fourth-order valence-corrected chi connectivity index (χ4v) is 3.43. The summed E-state index contributed by atoms with van der Waals surface area (Å²) >= 11 is 0. The topological polar surface area (TPSA) is 23.5 Å². The van der Waals surface area contributed by atoms with Crippen molar-refractivity contribution in [2.45, 2.75) is 38.5 Å². The van der Waals surface area contributed by atoms with E-state index in [2.05, 4.69) is 53.4 Å². The molecule has 1 atom stereocenters. The molecule has 0 radical (unpaired) electrons. The zero-order valence-electron chi connectivity index (χ0n) is 12.8. The van der Waals surface area contributed by atoms with Crippen LogP contribution in [0.15, 0.2) is 54.6 Å². The monoisotopic (exact) mass is 281 g/mol. The second kappa shape index (κ2) is 5.63. The van der Waals surface area contributed by atoms with Crippen molar-refractivity contribution in [1.82, 2.24) is 4.90 Å². The van der Waals surface area contributed by atoms with Crippen LogP contribution in [0.2, 0.25) is 0 Å². The van der Waals surface area contributed by atoms with Gasteiger partial charge in [0.2, 0.25) is 0 Å². The summed E-state index contributed by atoms with van der Waals surface area (Å²) in [5.41, 5.74) is 3.18. The van der Waals surface area contributed by atoms with Crippen LogP contribution in [0.25, 0.3) is 0 Å². The lowest BCUT2D eigenvalue weighted by Crippen LogP contribution is -2.45. The maximum absolute atomic E-state index is 10.7. The van der Waals surface area contributed by atoms with Crippen molar-refractivity contribution in [3.05, 3.63) is 71.3 Å². The van der Waals surface area contributed by atoms with Crippen LogP contribution in [-0.4, -0.2) is 22.2 Å². The van der Waals surface area contributed by atoms with E-state index < -0.39 is 5.60 Å². The minimum Gasteiger partial charge on any atom is -0.388 e. The highest BCUT2D eigenvalue weighted by Crippen LogP contribution is 2.38. The van der Waals surface area contributed by atoms with E-state index in [4.69, 9.17) is 0 Å². The lowest BCUT2D eigenvalue weighted by Gasteiger charge is -2.43. The Hall–Kier alpha value is -1.64. The van der Waals surface area contributed by atoms with E-state index >= 15 is 0 Å². The lowest BCUT2D eigenvalue weighted by atomic mass is 9.83. The molecular formula is C19H23NO. The van der Waals surface area contributed by atoms with Crippen LogP contribution < -0.4 is 0 Å². The van der Waals surface area contributed by atoms with Crippen molar-refractivity contribution >= 4 is 0 Å². The predicted molar refractivity (Wildman–Crippen MR) is 86.0 cm³/mol. The second-order valence-electron chi connectivity index (χ2n) is 6.46. The molecule has 0 bridgehead atoms. The van der Waals surface area contributed by atoms with E-state index in [1.54, 1.807) is 0 Å². The fraction of sp³-hybridized carbons (Fsp3) is 0.368. The molecular weight excluding hydrogens is 258 g/mol. The normalized spacial score (nSPS) is 19.3. The van der Waals surface area contributed by atoms with E-state index in [1.165, 1.54) is 16.7 Å². The van der Waals surface area contributed by atoms with Crippen molar-refractivity contribution in [2.24, 2.45) is 0 Å². The summed E-state index contributed by atoms with van der Waals surface area (Å²) in [6, 6.07) is 19.1. The number of aliphatic hydroxyl groups is 1. The Morgan fingerprint density at radius 1 is 1.05 bits per heavy atom. The van der Waals surface area contributed by atoms with Gasteiger partial charge in [-0.25, -0.2) is 0 Å². The zero-order chi connectivity index (χ0) is 14.9. The molecule has 110 valence electrons. The minimum absolute atomic E-state index is 0.0441. The highest BCUT2D eigenvalue weighted by Gasteiger charge is 2.37. The summed E-state index contributed by atoms with van der Waals surface area (Å²) in [5.74, 6) is 0. The summed E-state index contributed by atoms with van der Waals surface area (Å²) in [6.45, 7) is 5.69. The van der Waals surface area contributed by atoms with Gasteiger partial charge in [0, 0.05) is 13.1 Å². The second-order valence-corrected chi connectivity index (χ2v) is 6.46. The van der Waals surface area contributed by atoms with Gasteiger partial charge >= 0.3 is 0 Å². The molecule has 1 unspecified atom stereocenters. The third-order valence-electron chi connectivity index (χ3n) is 4.28. The Morgan fingerprint density at radius 3 is 2.43 bits per heavy atom. The highest BCUT2D eigenvalue weighted by molar-refractivity contribution is 5.34. The van der Waals surface area contributed by atoms with Crippen molar-refractivity contribution in [1.29, 1.82) is 0 Å². The minimum atomic E-state index is -0.759.